The summed E-state index contributed by atoms with van der Waals surface area (Å²) in [5, 5.41) is 9.02. The van der Waals surface area contributed by atoms with E-state index in [9.17, 15) is 14.4 Å². The van der Waals surface area contributed by atoms with Gasteiger partial charge in [-0.2, -0.15) is 0 Å². The fraction of sp³-hybridized carbons (Fsp3) is 0.500. The molecule has 23 heavy (non-hydrogen) atoms. The Balaban J connectivity index is 2.22. The van der Waals surface area contributed by atoms with Gasteiger partial charge in [-0.1, -0.05) is 0 Å². The van der Waals surface area contributed by atoms with E-state index < -0.39 is 17.9 Å². The van der Waals surface area contributed by atoms with Crippen molar-refractivity contribution in [1.82, 2.24) is 14.8 Å². The first kappa shape index (κ1) is 16.9. The molecule has 7 heteroatoms. The van der Waals surface area contributed by atoms with Crippen LogP contribution in [0.25, 0.3) is 0 Å². The van der Waals surface area contributed by atoms with Gasteiger partial charge in [0.2, 0.25) is 5.91 Å². The number of pyridine rings is 1. The number of hydrogen-bond donors (Lipinski definition) is 1. The maximum Gasteiger partial charge on any atom is 0.335 e. The van der Waals surface area contributed by atoms with E-state index in [4.69, 9.17) is 5.11 Å². The molecule has 1 aromatic heterocycles. The van der Waals surface area contributed by atoms with Crippen molar-refractivity contribution in [2.75, 3.05) is 19.6 Å². The minimum atomic E-state index is -1.11. The number of carboxylic acid groups (broad SMARTS) is 1. The third-order valence-corrected chi connectivity index (χ3v) is 4.10. The molecule has 7 nitrogen and oxygen atoms in total. The van der Waals surface area contributed by atoms with Gasteiger partial charge in [0.05, 0.1) is 5.56 Å². The molecule has 0 spiro atoms. The van der Waals surface area contributed by atoms with Crippen molar-refractivity contribution in [1.29, 1.82) is 0 Å². The minimum absolute atomic E-state index is 0.00849. The van der Waals surface area contributed by atoms with Gasteiger partial charge in [-0.15, -0.1) is 0 Å². The predicted molar refractivity (Wildman–Crippen MR) is 83.2 cm³/mol. The van der Waals surface area contributed by atoms with Crippen molar-refractivity contribution in [2.24, 2.45) is 0 Å². The SMILES string of the molecule is CCN(CC)C(=O)C1CCCN1C(=O)c1cc(C(=O)O)ccn1. The van der Waals surface area contributed by atoms with Crippen LogP contribution >= 0.6 is 0 Å². The molecule has 1 aliphatic rings. The van der Waals surface area contributed by atoms with Gasteiger partial charge >= 0.3 is 5.97 Å². The molecule has 1 aromatic rings. The first-order valence-electron chi connectivity index (χ1n) is 7.78. The van der Waals surface area contributed by atoms with Crippen molar-refractivity contribution in [3.8, 4) is 0 Å². The standard InChI is InChI=1S/C16H21N3O4/c1-3-18(4-2)15(21)13-6-5-9-19(13)14(20)12-10-11(16(22)23)7-8-17-12/h7-8,10,13H,3-6,9H2,1-2H3,(H,22,23). The second kappa shape index (κ2) is 7.21. The highest BCUT2D eigenvalue weighted by Gasteiger charge is 2.36. The van der Waals surface area contributed by atoms with Gasteiger partial charge in [-0.05, 0) is 38.8 Å². The van der Waals surface area contributed by atoms with Gasteiger partial charge < -0.3 is 14.9 Å². The van der Waals surface area contributed by atoms with Gasteiger partial charge in [0.15, 0.2) is 0 Å². The summed E-state index contributed by atoms with van der Waals surface area (Å²) < 4.78 is 0. The molecule has 0 aromatic carbocycles. The zero-order valence-corrected chi connectivity index (χ0v) is 13.4. The lowest BCUT2D eigenvalue weighted by Crippen LogP contribution is -2.47. The lowest BCUT2D eigenvalue weighted by atomic mass is 10.1. The third-order valence-electron chi connectivity index (χ3n) is 4.10. The topological polar surface area (TPSA) is 90.8 Å². The van der Waals surface area contributed by atoms with E-state index in [2.05, 4.69) is 4.98 Å². The summed E-state index contributed by atoms with van der Waals surface area (Å²) >= 11 is 0. The van der Waals surface area contributed by atoms with Crippen LogP contribution in [0, 0.1) is 0 Å². The van der Waals surface area contributed by atoms with E-state index in [0.29, 0.717) is 26.1 Å². The van der Waals surface area contributed by atoms with Crippen molar-refractivity contribution in [3.05, 3.63) is 29.6 Å². The number of aromatic nitrogens is 1. The lowest BCUT2D eigenvalue weighted by molar-refractivity contribution is -0.134. The molecule has 1 atom stereocenters. The molecule has 1 unspecified atom stereocenters. The summed E-state index contributed by atoms with van der Waals surface area (Å²) in [6.45, 7) is 5.48. The number of carbonyl (C=O) groups excluding carboxylic acids is 2. The largest absolute Gasteiger partial charge is 0.478 e. The molecule has 0 radical (unpaired) electrons. The van der Waals surface area contributed by atoms with E-state index >= 15 is 0 Å². The summed E-state index contributed by atoms with van der Waals surface area (Å²) in [6, 6.07) is 2.10. The molecule has 124 valence electrons. The van der Waals surface area contributed by atoms with E-state index in [0.717, 1.165) is 6.42 Å². The van der Waals surface area contributed by atoms with Crippen molar-refractivity contribution >= 4 is 17.8 Å². The quantitative estimate of drug-likeness (QED) is 0.882. The first-order chi connectivity index (χ1) is 11.0. The van der Waals surface area contributed by atoms with Crippen molar-refractivity contribution in [2.45, 2.75) is 32.7 Å². The van der Waals surface area contributed by atoms with Crippen LogP contribution in [0.1, 0.15) is 47.5 Å². The molecule has 2 amide bonds. The third kappa shape index (κ3) is 3.49. The van der Waals surface area contributed by atoms with Gasteiger partial charge in [-0.3, -0.25) is 14.6 Å². The number of nitrogens with zero attached hydrogens (tertiary/aromatic N) is 3. The lowest BCUT2D eigenvalue weighted by Gasteiger charge is -2.28. The monoisotopic (exact) mass is 319 g/mol. The van der Waals surface area contributed by atoms with Gasteiger partial charge in [0.1, 0.15) is 11.7 Å². The highest BCUT2D eigenvalue weighted by Crippen LogP contribution is 2.21. The number of carboxylic acids is 1. The molecule has 2 heterocycles. The van der Waals surface area contributed by atoms with Crippen LogP contribution in [-0.2, 0) is 4.79 Å². The normalized spacial score (nSPS) is 17.1. The van der Waals surface area contributed by atoms with Crippen LogP contribution < -0.4 is 0 Å². The number of amides is 2. The summed E-state index contributed by atoms with van der Waals surface area (Å²) in [5.41, 5.74) is 0.0679. The van der Waals surface area contributed by atoms with Crippen LogP contribution in [0.15, 0.2) is 18.3 Å². The molecule has 1 N–H and O–H groups in total. The minimum Gasteiger partial charge on any atom is -0.478 e. The Bertz CT molecular complexity index is 613. The van der Waals surface area contributed by atoms with Gasteiger partial charge in [-0.25, -0.2) is 4.79 Å². The Morgan fingerprint density at radius 3 is 2.65 bits per heavy atom. The molecular weight excluding hydrogens is 298 g/mol. The Kier molecular flexibility index (Phi) is 5.31. The number of hydrogen-bond acceptors (Lipinski definition) is 4. The Morgan fingerprint density at radius 1 is 1.35 bits per heavy atom. The molecule has 0 aliphatic carbocycles. The van der Waals surface area contributed by atoms with Crippen LogP contribution in [0.4, 0.5) is 0 Å². The van der Waals surface area contributed by atoms with Crippen LogP contribution in [0.5, 0.6) is 0 Å². The van der Waals surface area contributed by atoms with Crippen molar-refractivity contribution < 1.29 is 19.5 Å². The molecule has 1 aliphatic heterocycles. The summed E-state index contributed by atoms with van der Waals surface area (Å²) in [5.74, 6) is -1.56. The summed E-state index contributed by atoms with van der Waals surface area (Å²) in [7, 11) is 0. The van der Waals surface area contributed by atoms with E-state index in [1.165, 1.54) is 23.2 Å². The maximum atomic E-state index is 12.6. The molecule has 2 rings (SSSR count). The summed E-state index contributed by atoms with van der Waals surface area (Å²) in [4.78, 5) is 43.4. The molecule has 1 fully saturated rings. The average Bonchev–Trinajstić information content (AvgIpc) is 3.04. The zero-order chi connectivity index (χ0) is 17.0. The fourth-order valence-electron chi connectivity index (χ4n) is 2.84. The van der Waals surface area contributed by atoms with E-state index in [-0.39, 0.29) is 17.2 Å². The molecule has 0 saturated carbocycles. The second-order valence-corrected chi connectivity index (χ2v) is 5.40. The molecule has 1 saturated heterocycles. The average molecular weight is 319 g/mol. The first-order valence-corrected chi connectivity index (χ1v) is 7.78. The highest BCUT2D eigenvalue weighted by molar-refractivity contribution is 5.98. The number of rotatable bonds is 5. The molecule has 0 bridgehead atoms. The number of likely N-dealkylation sites (N-methyl/N-ethyl adjacent to an activating group) is 1. The summed E-state index contributed by atoms with van der Waals surface area (Å²) in [6.07, 6.45) is 2.68. The van der Waals surface area contributed by atoms with Crippen molar-refractivity contribution in [3.63, 3.8) is 0 Å². The van der Waals surface area contributed by atoms with E-state index in [1.54, 1.807) is 4.90 Å². The number of aromatic carboxylic acids is 1. The second-order valence-electron chi connectivity index (χ2n) is 5.40. The Labute approximate surface area is 134 Å². The Morgan fingerprint density at radius 2 is 2.04 bits per heavy atom. The number of carbonyl (C=O) groups is 3. The van der Waals surface area contributed by atoms with Gasteiger partial charge in [0.25, 0.3) is 5.91 Å². The predicted octanol–water partition coefficient (Wildman–Crippen LogP) is 1.25. The molecular formula is C16H21N3O4. The van der Waals surface area contributed by atoms with Gasteiger partial charge in [0, 0.05) is 25.8 Å². The smallest absolute Gasteiger partial charge is 0.335 e. The van der Waals surface area contributed by atoms with E-state index in [1.807, 2.05) is 13.8 Å². The highest BCUT2D eigenvalue weighted by atomic mass is 16.4. The van der Waals surface area contributed by atoms with Crippen LogP contribution in [0.3, 0.4) is 0 Å². The van der Waals surface area contributed by atoms with Crippen LogP contribution in [-0.4, -0.2) is 63.4 Å². The van der Waals surface area contributed by atoms with Crippen LogP contribution in [0.2, 0.25) is 0 Å². The zero-order valence-electron chi connectivity index (χ0n) is 13.4. The number of likely N-dealkylation sites (tertiary alicyclic amines) is 1. The Hall–Kier alpha value is -2.44. The maximum absolute atomic E-state index is 12.6. The fourth-order valence-corrected chi connectivity index (χ4v) is 2.84.